The van der Waals surface area contributed by atoms with Gasteiger partial charge in [-0.25, -0.2) is 18.3 Å². The van der Waals surface area contributed by atoms with E-state index in [1.807, 2.05) is 41.9 Å². The lowest BCUT2D eigenvalue weighted by molar-refractivity contribution is -0.00514. The van der Waals surface area contributed by atoms with Crippen LogP contribution in [-0.4, -0.2) is 82.5 Å². The molecule has 2 aliphatic heterocycles. The van der Waals surface area contributed by atoms with E-state index >= 15 is 0 Å². The van der Waals surface area contributed by atoms with Gasteiger partial charge in [-0.05, 0) is 58.3 Å². The standard InChI is InChI=1S/C20H29F2N5OS/c1-25(2)9-8-14-10-20(21,22)12-26(14)11-15-4-7-18(28-15)16-5-6-17-19(29-3)23-13-24-27(16)17/h5-6,13-15,18H,4,7-12H2,1-3H3/t14-,15+,18-/m1/s1. The fraction of sp³-hybridized carbons (Fsp3) is 0.700. The van der Waals surface area contributed by atoms with Gasteiger partial charge in [0.15, 0.2) is 0 Å². The number of halogens is 2. The summed E-state index contributed by atoms with van der Waals surface area (Å²) >= 11 is 1.59. The minimum atomic E-state index is -2.60. The highest BCUT2D eigenvalue weighted by atomic mass is 32.2. The van der Waals surface area contributed by atoms with Crippen LogP contribution in [0.5, 0.6) is 0 Å². The lowest BCUT2D eigenvalue weighted by Gasteiger charge is -2.27. The smallest absolute Gasteiger partial charge is 0.262 e. The number of rotatable bonds is 7. The molecule has 3 atom stereocenters. The van der Waals surface area contributed by atoms with Crippen LogP contribution < -0.4 is 0 Å². The number of alkyl halides is 2. The minimum absolute atomic E-state index is 0.0248. The van der Waals surface area contributed by atoms with Gasteiger partial charge >= 0.3 is 0 Å². The zero-order valence-corrected chi connectivity index (χ0v) is 18.0. The van der Waals surface area contributed by atoms with E-state index in [9.17, 15) is 8.78 Å². The van der Waals surface area contributed by atoms with Crippen molar-refractivity contribution in [2.45, 2.75) is 54.9 Å². The van der Waals surface area contributed by atoms with Gasteiger partial charge in [0.05, 0.1) is 23.9 Å². The molecule has 160 valence electrons. The number of aromatic nitrogens is 3. The Hall–Kier alpha value is -1.29. The lowest BCUT2D eigenvalue weighted by atomic mass is 10.1. The first-order valence-corrected chi connectivity index (χ1v) is 11.4. The van der Waals surface area contributed by atoms with Crippen molar-refractivity contribution in [1.82, 2.24) is 24.4 Å². The van der Waals surface area contributed by atoms with E-state index in [0.717, 1.165) is 42.0 Å². The number of thioether (sulfide) groups is 1. The minimum Gasteiger partial charge on any atom is -0.367 e. The maximum Gasteiger partial charge on any atom is 0.262 e. The molecule has 9 heteroatoms. The van der Waals surface area contributed by atoms with Crippen molar-refractivity contribution >= 4 is 17.3 Å². The first-order valence-electron chi connectivity index (χ1n) is 10.1. The monoisotopic (exact) mass is 425 g/mol. The molecule has 0 unspecified atom stereocenters. The number of nitrogens with zero attached hydrogens (tertiary/aromatic N) is 5. The van der Waals surface area contributed by atoms with E-state index in [1.54, 1.807) is 18.1 Å². The Morgan fingerprint density at radius 2 is 2.14 bits per heavy atom. The SMILES string of the molecule is CSc1ncnn2c([C@H]3CC[C@@H](CN4CC(F)(F)C[C@H]4CCN(C)C)O3)ccc12. The third-order valence-corrected chi connectivity index (χ3v) is 6.61. The summed E-state index contributed by atoms with van der Waals surface area (Å²) in [7, 11) is 3.96. The van der Waals surface area contributed by atoms with Crippen LogP contribution in [0.3, 0.4) is 0 Å². The molecule has 2 aromatic rings. The van der Waals surface area contributed by atoms with Crippen LogP contribution in [0.15, 0.2) is 23.5 Å². The van der Waals surface area contributed by atoms with Crippen molar-refractivity contribution in [2.75, 3.05) is 40.0 Å². The molecule has 4 rings (SSSR count). The van der Waals surface area contributed by atoms with Gasteiger partial charge in [-0.2, -0.15) is 5.10 Å². The van der Waals surface area contributed by atoms with E-state index in [4.69, 9.17) is 4.74 Å². The van der Waals surface area contributed by atoms with Crippen molar-refractivity contribution in [3.63, 3.8) is 0 Å². The summed E-state index contributed by atoms with van der Waals surface area (Å²) in [6, 6.07) is 3.98. The maximum absolute atomic E-state index is 14.1. The third kappa shape index (κ3) is 4.57. The maximum atomic E-state index is 14.1. The molecule has 0 bridgehead atoms. The zero-order valence-electron chi connectivity index (χ0n) is 17.2. The molecule has 2 aromatic heterocycles. The van der Waals surface area contributed by atoms with Gasteiger partial charge in [0.25, 0.3) is 5.92 Å². The van der Waals surface area contributed by atoms with Crippen molar-refractivity contribution in [3.8, 4) is 0 Å². The summed E-state index contributed by atoms with van der Waals surface area (Å²) in [5, 5.41) is 5.33. The first-order chi connectivity index (χ1) is 13.9. The average molecular weight is 426 g/mol. The van der Waals surface area contributed by atoms with Crippen molar-refractivity contribution < 1.29 is 13.5 Å². The highest BCUT2D eigenvalue weighted by Crippen LogP contribution is 2.38. The zero-order chi connectivity index (χ0) is 20.6. The van der Waals surface area contributed by atoms with Gasteiger partial charge in [0.2, 0.25) is 0 Å². The summed E-state index contributed by atoms with van der Waals surface area (Å²) in [4.78, 5) is 8.31. The number of ether oxygens (including phenoxy) is 1. The normalized spacial score (nSPS) is 27.4. The molecule has 2 aliphatic rings. The molecular formula is C20H29F2N5OS. The second-order valence-electron chi connectivity index (χ2n) is 8.38. The van der Waals surface area contributed by atoms with Gasteiger partial charge in [-0.1, -0.05) is 0 Å². The molecule has 29 heavy (non-hydrogen) atoms. The van der Waals surface area contributed by atoms with Crippen LogP contribution in [0, 0.1) is 0 Å². The fourth-order valence-electron chi connectivity index (χ4n) is 4.52. The van der Waals surface area contributed by atoms with Crippen LogP contribution in [0.1, 0.15) is 37.5 Å². The first kappa shape index (κ1) is 21.0. The predicted octanol–water partition coefficient (Wildman–Crippen LogP) is 3.33. The summed E-state index contributed by atoms with van der Waals surface area (Å²) < 4.78 is 36.4. The number of likely N-dealkylation sites (tertiary alicyclic amines) is 1. The fourth-order valence-corrected chi connectivity index (χ4v) is 5.04. The number of hydrogen-bond donors (Lipinski definition) is 0. The van der Waals surface area contributed by atoms with Gasteiger partial charge in [0, 0.05) is 19.0 Å². The molecule has 6 nitrogen and oxygen atoms in total. The molecule has 0 radical (unpaired) electrons. The van der Waals surface area contributed by atoms with E-state index < -0.39 is 5.92 Å². The van der Waals surface area contributed by atoms with E-state index in [2.05, 4.69) is 15.0 Å². The van der Waals surface area contributed by atoms with Crippen LogP contribution in [0.25, 0.3) is 5.52 Å². The molecule has 0 N–H and O–H groups in total. The summed E-state index contributed by atoms with van der Waals surface area (Å²) in [6.07, 6.45) is 5.94. The predicted molar refractivity (Wildman–Crippen MR) is 110 cm³/mol. The van der Waals surface area contributed by atoms with E-state index in [-0.39, 0.29) is 31.2 Å². The van der Waals surface area contributed by atoms with Gasteiger partial charge in [-0.15, -0.1) is 11.8 Å². The Morgan fingerprint density at radius 1 is 1.31 bits per heavy atom. The highest BCUT2D eigenvalue weighted by molar-refractivity contribution is 7.98. The van der Waals surface area contributed by atoms with Crippen molar-refractivity contribution in [3.05, 3.63) is 24.2 Å². The van der Waals surface area contributed by atoms with Crippen LogP contribution in [-0.2, 0) is 4.74 Å². The summed E-state index contributed by atoms with van der Waals surface area (Å²) in [5.74, 6) is -2.60. The molecule has 0 spiro atoms. The molecule has 0 amide bonds. The third-order valence-electron chi connectivity index (χ3n) is 5.91. The van der Waals surface area contributed by atoms with Gasteiger partial charge in [-0.3, -0.25) is 4.90 Å². The Labute approximate surface area is 174 Å². The van der Waals surface area contributed by atoms with Gasteiger partial charge < -0.3 is 9.64 Å². The van der Waals surface area contributed by atoms with E-state index in [1.165, 1.54) is 0 Å². The van der Waals surface area contributed by atoms with Crippen LogP contribution in [0.2, 0.25) is 0 Å². The average Bonchev–Trinajstić information content (AvgIpc) is 3.36. The Morgan fingerprint density at radius 3 is 2.90 bits per heavy atom. The van der Waals surface area contributed by atoms with Crippen LogP contribution in [0.4, 0.5) is 8.78 Å². The molecule has 0 saturated carbocycles. The molecule has 2 saturated heterocycles. The van der Waals surface area contributed by atoms with E-state index in [0.29, 0.717) is 6.54 Å². The molecular weight excluding hydrogens is 396 g/mol. The second-order valence-corrected chi connectivity index (χ2v) is 9.18. The number of fused-ring (bicyclic) bond motifs is 1. The Bertz CT molecular complexity index is 845. The summed E-state index contributed by atoms with van der Waals surface area (Å²) in [5.41, 5.74) is 1.99. The second kappa shape index (κ2) is 8.45. The Balaban J connectivity index is 1.42. The highest BCUT2D eigenvalue weighted by Gasteiger charge is 2.45. The van der Waals surface area contributed by atoms with Crippen molar-refractivity contribution in [1.29, 1.82) is 0 Å². The topological polar surface area (TPSA) is 45.9 Å². The molecule has 2 fully saturated rings. The molecule has 0 aliphatic carbocycles. The molecule has 4 heterocycles. The molecule has 0 aromatic carbocycles. The van der Waals surface area contributed by atoms with Gasteiger partial charge in [0.1, 0.15) is 17.5 Å². The Kier molecular flexibility index (Phi) is 6.11. The number of hydrogen-bond acceptors (Lipinski definition) is 6. The quantitative estimate of drug-likeness (QED) is 0.634. The van der Waals surface area contributed by atoms with Crippen molar-refractivity contribution in [2.24, 2.45) is 0 Å². The lowest BCUT2D eigenvalue weighted by Crippen LogP contribution is -2.38. The largest absolute Gasteiger partial charge is 0.367 e. The van der Waals surface area contributed by atoms with Crippen LogP contribution >= 0.6 is 11.8 Å². The summed E-state index contributed by atoms with van der Waals surface area (Å²) in [6.45, 7) is 1.23.